The molecule has 36 heavy (non-hydrogen) atoms. The van der Waals surface area contributed by atoms with Crippen molar-refractivity contribution in [1.29, 1.82) is 0 Å². The van der Waals surface area contributed by atoms with Crippen molar-refractivity contribution in [2.45, 2.75) is 32.8 Å². The minimum Gasteiger partial charge on any atom is -0.495 e. The number of benzene rings is 1. The van der Waals surface area contributed by atoms with E-state index in [9.17, 15) is 0 Å². The Labute approximate surface area is 221 Å². The Morgan fingerprint density at radius 2 is 1.75 bits per heavy atom. The van der Waals surface area contributed by atoms with Crippen LogP contribution >= 0.6 is 23.2 Å². The van der Waals surface area contributed by atoms with Crippen molar-refractivity contribution in [3.63, 3.8) is 0 Å². The molecule has 4 rings (SSSR count). The van der Waals surface area contributed by atoms with E-state index in [1.807, 2.05) is 6.92 Å². The van der Waals surface area contributed by atoms with Crippen LogP contribution in [0.15, 0.2) is 18.3 Å². The van der Waals surface area contributed by atoms with Gasteiger partial charge in [0.15, 0.2) is 5.82 Å². The van der Waals surface area contributed by atoms with Crippen molar-refractivity contribution >= 4 is 45.7 Å². The van der Waals surface area contributed by atoms with Crippen LogP contribution in [0.2, 0.25) is 10.0 Å². The largest absolute Gasteiger partial charge is 0.495 e. The molecule has 11 heteroatoms. The average molecular weight is 538 g/mol. The molecule has 1 saturated heterocycles. The maximum Gasteiger partial charge on any atom is 0.165 e. The molecule has 1 aliphatic rings. The predicted octanol–water partition coefficient (Wildman–Crippen LogP) is 5.26. The maximum atomic E-state index is 6.60. The van der Waals surface area contributed by atoms with Crippen molar-refractivity contribution in [2.24, 2.45) is 0 Å². The van der Waals surface area contributed by atoms with E-state index in [0.29, 0.717) is 50.8 Å². The summed E-state index contributed by atoms with van der Waals surface area (Å²) in [7, 11) is 4.75. The highest BCUT2D eigenvalue weighted by molar-refractivity contribution is 6.41. The van der Waals surface area contributed by atoms with Crippen molar-refractivity contribution in [2.75, 3.05) is 58.3 Å². The molecule has 0 radical (unpaired) electrons. The Hall–Kier alpha value is -2.59. The summed E-state index contributed by atoms with van der Waals surface area (Å²) in [5, 5.41) is 1.39. The Morgan fingerprint density at radius 1 is 1.06 bits per heavy atom. The predicted molar refractivity (Wildman–Crippen MR) is 145 cm³/mol. The lowest BCUT2D eigenvalue weighted by Crippen LogP contribution is -2.24. The Balaban J connectivity index is 0.000000538. The molecule has 9 nitrogen and oxygen atoms in total. The van der Waals surface area contributed by atoms with E-state index >= 15 is 0 Å². The first kappa shape index (κ1) is 28.0. The molecule has 2 N–H and O–H groups in total. The van der Waals surface area contributed by atoms with Crippen LogP contribution in [0, 0.1) is 0 Å². The van der Waals surface area contributed by atoms with E-state index in [2.05, 4.69) is 21.8 Å². The summed E-state index contributed by atoms with van der Waals surface area (Å²) < 4.78 is 21.3. The van der Waals surface area contributed by atoms with E-state index < -0.39 is 0 Å². The minimum atomic E-state index is 0.127. The van der Waals surface area contributed by atoms with Crippen LogP contribution in [-0.2, 0) is 9.47 Å². The van der Waals surface area contributed by atoms with E-state index in [1.165, 1.54) is 14.2 Å². The van der Waals surface area contributed by atoms with Crippen LogP contribution in [0.25, 0.3) is 22.3 Å². The fourth-order valence-electron chi connectivity index (χ4n) is 3.87. The molecule has 1 atom stereocenters. The number of anilines is 2. The van der Waals surface area contributed by atoms with E-state index in [0.717, 1.165) is 43.8 Å². The molecule has 1 aromatic carbocycles. The van der Waals surface area contributed by atoms with Gasteiger partial charge < -0.3 is 29.6 Å². The highest BCUT2D eigenvalue weighted by Crippen LogP contribution is 2.45. The van der Waals surface area contributed by atoms with Crippen LogP contribution in [-0.4, -0.2) is 68.7 Å². The molecule has 0 bridgehead atoms. The summed E-state index contributed by atoms with van der Waals surface area (Å²) in [4.78, 5) is 15.8. The van der Waals surface area contributed by atoms with Gasteiger partial charge >= 0.3 is 0 Å². The van der Waals surface area contributed by atoms with Gasteiger partial charge in [0.05, 0.1) is 47.6 Å². The first-order chi connectivity index (χ1) is 17.4. The lowest BCUT2D eigenvalue weighted by molar-refractivity contribution is 0.121. The topological polar surface area (TPSA) is 105 Å². The molecular formula is C25H33Cl2N5O4. The van der Waals surface area contributed by atoms with Gasteiger partial charge in [-0.2, -0.15) is 0 Å². The molecule has 0 amide bonds. The van der Waals surface area contributed by atoms with Gasteiger partial charge in [-0.25, -0.2) is 15.0 Å². The number of nitrogens with zero attached hydrogens (tertiary/aromatic N) is 4. The number of nitrogens with two attached hydrogens (primary N) is 1. The van der Waals surface area contributed by atoms with Crippen molar-refractivity contribution < 1.29 is 18.9 Å². The quantitative estimate of drug-likeness (QED) is 0.385. The van der Waals surface area contributed by atoms with Gasteiger partial charge in [0, 0.05) is 44.9 Å². The number of halogens is 2. The third-order valence-corrected chi connectivity index (χ3v) is 6.46. The normalized spacial score (nSPS) is 15.1. The lowest BCUT2D eigenvalue weighted by Gasteiger charge is -2.21. The molecule has 0 spiro atoms. The Kier molecular flexibility index (Phi) is 10.2. The second-order valence-electron chi connectivity index (χ2n) is 8.07. The van der Waals surface area contributed by atoms with Gasteiger partial charge in [-0.05, 0) is 25.8 Å². The van der Waals surface area contributed by atoms with Gasteiger partial charge in [0.2, 0.25) is 0 Å². The highest BCUT2D eigenvalue weighted by atomic mass is 35.5. The molecule has 0 saturated carbocycles. The van der Waals surface area contributed by atoms with E-state index in [4.69, 9.17) is 52.9 Å². The van der Waals surface area contributed by atoms with Crippen LogP contribution in [0.3, 0.4) is 0 Å². The monoisotopic (exact) mass is 537 g/mol. The number of hydrogen-bond acceptors (Lipinski definition) is 9. The Bertz CT molecular complexity index is 1150. The fraction of sp³-hybridized carbons (Fsp3) is 0.480. The molecule has 1 fully saturated rings. The number of rotatable bonds is 8. The zero-order chi connectivity index (χ0) is 26.2. The summed E-state index contributed by atoms with van der Waals surface area (Å²) in [5.74, 6) is 2.28. The third kappa shape index (κ3) is 6.21. The number of fused-ring (bicyclic) bond motifs is 1. The van der Waals surface area contributed by atoms with E-state index in [1.54, 1.807) is 25.4 Å². The van der Waals surface area contributed by atoms with Crippen LogP contribution < -0.4 is 20.1 Å². The summed E-state index contributed by atoms with van der Waals surface area (Å²) in [6, 6.07) is 3.39. The molecule has 1 aliphatic heterocycles. The summed E-state index contributed by atoms with van der Waals surface area (Å²) in [6.45, 7) is 7.37. The summed E-state index contributed by atoms with van der Waals surface area (Å²) in [6.07, 6.45) is 3.77. The first-order valence-corrected chi connectivity index (χ1v) is 12.5. The van der Waals surface area contributed by atoms with Gasteiger partial charge in [-0.15, -0.1) is 0 Å². The fourth-order valence-corrected chi connectivity index (χ4v) is 4.54. The number of hydrogen-bond donors (Lipinski definition) is 1. The number of methoxy groups -OCH3 is 3. The third-order valence-electron chi connectivity index (χ3n) is 5.71. The highest BCUT2D eigenvalue weighted by Gasteiger charge is 2.27. The maximum absolute atomic E-state index is 6.60. The summed E-state index contributed by atoms with van der Waals surface area (Å²) >= 11 is 13.2. The summed E-state index contributed by atoms with van der Waals surface area (Å²) in [5.41, 5.74) is 6.98. The molecule has 2 aromatic heterocycles. The molecular weight excluding hydrogens is 505 g/mol. The number of pyridine rings is 1. The SMILES string of the molecule is CCCOCC.COc1cc(OC)c(Cl)c(-c2nc(N3CCC(OC)C3)c3cc(N)ncc3n2)c1Cl. The minimum absolute atomic E-state index is 0.127. The van der Waals surface area contributed by atoms with Gasteiger partial charge in [0.1, 0.15) is 23.1 Å². The van der Waals surface area contributed by atoms with Crippen molar-refractivity contribution in [3.05, 3.63) is 28.4 Å². The smallest absolute Gasteiger partial charge is 0.165 e. The van der Waals surface area contributed by atoms with Gasteiger partial charge in [-0.1, -0.05) is 30.1 Å². The Morgan fingerprint density at radius 3 is 2.28 bits per heavy atom. The molecule has 1 unspecified atom stereocenters. The molecule has 0 aliphatic carbocycles. The van der Waals surface area contributed by atoms with Crippen molar-refractivity contribution in [3.8, 4) is 22.9 Å². The molecule has 3 heterocycles. The number of aromatic nitrogens is 3. The van der Waals surface area contributed by atoms with Crippen LogP contribution in [0.4, 0.5) is 11.6 Å². The average Bonchev–Trinajstić information content (AvgIpc) is 3.37. The molecule has 3 aromatic rings. The zero-order valence-corrected chi connectivity index (χ0v) is 22.8. The van der Waals surface area contributed by atoms with Gasteiger partial charge in [0.25, 0.3) is 0 Å². The number of nitrogen functional groups attached to an aromatic ring is 1. The standard InChI is InChI=1S/C20H21Cl2N5O3.C5H12O/c1-28-10-4-5-27(9-10)20-11-6-15(23)24-8-12(11)25-19(26-20)16-17(21)13(29-2)7-14(30-3)18(16)22;1-3-5-6-4-2/h6-8,10H,4-5,9H2,1-3H3,(H2,23,24);3-5H2,1-2H3. The zero-order valence-electron chi connectivity index (χ0n) is 21.3. The van der Waals surface area contributed by atoms with E-state index in [-0.39, 0.29) is 6.10 Å². The number of ether oxygens (including phenoxy) is 4. The second kappa shape index (κ2) is 13.1. The van der Waals surface area contributed by atoms with Crippen molar-refractivity contribution in [1.82, 2.24) is 15.0 Å². The first-order valence-electron chi connectivity index (χ1n) is 11.8. The second-order valence-corrected chi connectivity index (χ2v) is 8.83. The van der Waals surface area contributed by atoms with Crippen LogP contribution in [0.1, 0.15) is 26.7 Å². The molecule has 196 valence electrons. The van der Waals surface area contributed by atoms with Crippen LogP contribution in [0.5, 0.6) is 11.5 Å². The lowest BCUT2D eigenvalue weighted by atomic mass is 10.1. The van der Waals surface area contributed by atoms with Gasteiger partial charge in [-0.3, -0.25) is 0 Å².